The second kappa shape index (κ2) is 8.37. The molecule has 11 heteroatoms. The zero-order valence-electron chi connectivity index (χ0n) is 16.3. The average molecular weight is 472 g/mol. The van der Waals surface area contributed by atoms with Crippen molar-refractivity contribution in [2.45, 2.75) is 19.4 Å². The largest absolute Gasteiger partial charge is 0.324 e. The van der Waals surface area contributed by atoms with E-state index in [9.17, 15) is 22.4 Å². The molecule has 3 aromatic rings. The van der Waals surface area contributed by atoms with Crippen molar-refractivity contribution in [3.05, 3.63) is 56.9 Å². The number of nitrogens with one attached hydrogen (secondary N) is 1. The lowest BCUT2D eigenvalue weighted by molar-refractivity contribution is -0.117. The molecule has 1 aromatic heterocycles. The molecule has 0 aliphatic heterocycles. The number of amides is 1. The van der Waals surface area contributed by atoms with Crippen LogP contribution in [0.15, 0.2) is 41.2 Å². The monoisotopic (exact) mass is 471 g/mol. The maximum Gasteiger partial charge on any atom is 0.307 e. The first kappa shape index (κ1) is 22.3. The topological polar surface area (TPSA) is 88.5 Å². The Morgan fingerprint density at radius 3 is 2.60 bits per heavy atom. The first-order valence-electron chi connectivity index (χ1n) is 8.87. The lowest BCUT2D eigenvalue weighted by atomic mass is 10.1. The molecule has 0 spiro atoms. The number of aromatic nitrogens is 1. The Balaban J connectivity index is 1.96. The van der Waals surface area contributed by atoms with Gasteiger partial charge in [-0.25, -0.2) is 12.8 Å². The minimum atomic E-state index is -3.88. The van der Waals surface area contributed by atoms with E-state index in [1.54, 1.807) is 32.2 Å². The second-order valence-corrected chi connectivity index (χ2v) is 9.94. The van der Waals surface area contributed by atoms with Gasteiger partial charge in [-0.3, -0.25) is 13.9 Å². The summed E-state index contributed by atoms with van der Waals surface area (Å²) in [6, 6.07) is 7.38. The highest BCUT2D eigenvalue weighted by atomic mass is 35.5. The average Bonchev–Trinajstić information content (AvgIpc) is 2.94. The summed E-state index contributed by atoms with van der Waals surface area (Å²) in [5.74, 6) is -1.26. The maximum absolute atomic E-state index is 13.5. The number of nitrogens with zero attached hydrogens (tertiary/aromatic N) is 2. The number of anilines is 2. The lowest BCUT2D eigenvalue weighted by Gasteiger charge is -2.30. The molecule has 2 aromatic carbocycles. The quantitative estimate of drug-likeness (QED) is 0.595. The fourth-order valence-corrected chi connectivity index (χ4v) is 5.42. The van der Waals surface area contributed by atoms with Crippen LogP contribution in [0.2, 0.25) is 5.02 Å². The van der Waals surface area contributed by atoms with Crippen LogP contribution in [0.25, 0.3) is 10.2 Å². The van der Waals surface area contributed by atoms with Gasteiger partial charge in [0, 0.05) is 12.7 Å². The minimum absolute atomic E-state index is 0.0858. The standard InChI is InChI=1S/C19H19ClFN3O4S2/c1-4-15(24(30(3,27)28)12-6-7-14(21)13(20)10-12)18(25)22-11-5-8-16-17(9-11)29-19(26)23(16)2/h5-10,15H,4H2,1-3H3,(H,22,25)/t15-/m1/s1. The van der Waals surface area contributed by atoms with Crippen molar-refractivity contribution in [2.75, 3.05) is 15.9 Å². The Hall–Kier alpha value is -2.43. The van der Waals surface area contributed by atoms with E-state index in [2.05, 4.69) is 5.32 Å². The van der Waals surface area contributed by atoms with Gasteiger partial charge in [0.25, 0.3) is 0 Å². The third kappa shape index (κ3) is 4.35. The third-order valence-electron chi connectivity index (χ3n) is 4.55. The molecule has 1 heterocycles. The third-order valence-corrected chi connectivity index (χ3v) is 7.01. The van der Waals surface area contributed by atoms with Crippen LogP contribution in [0.1, 0.15) is 13.3 Å². The van der Waals surface area contributed by atoms with Gasteiger partial charge in [0.15, 0.2) is 0 Å². The van der Waals surface area contributed by atoms with Crippen LogP contribution in [0, 0.1) is 5.82 Å². The van der Waals surface area contributed by atoms with Gasteiger partial charge in [0.05, 0.1) is 27.2 Å². The Kier molecular flexibility index (Phi) is 6.21. The van der Waals surface area contributed by atoms with Gasteiger partial charge < -0.3 is 9.88 Å². The summed E-state index contributed by atoms with van der Waals surface area (Å²) in [7, 11) is -2.23. The van der Waals surface area contributed by atoms with Crippen molar-refractivity contribution >= 4 is 60.5 Å². The summed E-state index contributed by atoms with van der Waals surface area (Å²) < 4.78 is 41.6. The zero-order chi connectivity index (χ0) is 22.2. The summed E-state index contributed by atoms with van der Waals surface area (Å²) in [6.45, 7) is 1.67. The molecule has 160 valence electrons. The van der Waals surface area contributed by atoms with Crippen LogP contribution in [0.3, 0.4) is 0 Å². The molecule has 0 aliphatic carbocycles. The summed E-state index contributed by atoms with van der Waals surface area (Å²) >= 11 is 6.86. The Bertz CT molecular complexity index is 1290. The molecule has 0 saturated carbocycles. The highest BCUT2D eigenvalue weighted by molar-refractivity contribution is 7.92. The summed E-state index contributed by atoms with van der Waals surface area (Å²) in [4.78, 5) is 24.7. The van der Waals surface area contributed by atoms with E-state index >= 15 is 0 Å². The number of carbonyl (C=O) groups is 1. The lowest BCUT2D eigenvalue weighted by Crippen LogP contribution is -2.47. The highest BCUT2D eigenvalue weighted by Gasteiger charge is 2.32. The number of halogens is 2. The van der Waals surface area contributed by atoms with Gasteiger partial charge in [-0.2, -0.15) is 0 Å². The van der Waals surface area contributed by atoms with Crippen molar-refractivity contribution < 1.29 is 17.6 Å². The number of hydrogen-bond acceptors (Lipinski definition) is 5. The van der Waals surface area contributed by atoms with Crippen LogP contribution < -0.4 is 14.5 Å². The zero-order valence-corrected chi connectivity index (χ0v) is 18.7. The SMILES string of the molecule is CC[C@H](C(=O)Nc1ccc2c(c1)sc(=O)n2C)N(c1ccc(F)c(Cl)c1)S(C)(=O)=O. The number of hydrogen-bond donors (Lipinski definition) is 1. The first-order chi connectivity index (χ1) is 14.0. The van der Waals surface area contributed by atoms with Crippen LogP contribution in [-0.4, -0.2) is 31.2 Å². The number of benzene rings is 2. The van der Waals surface area contributed by atoms with Crippen molar-refractivity contribution in [3.8, 4) is 0 Å². The van der Waals surface area contributed by atoms with Gasteiger partial charge in [-0.1, -0.05) is 29.9 Å². The molecule has 1 atom stereocenters. The van der Waals surface area contributed by atoms with Crippen molar-refractivity contribution in [1.29, 1.82) is 0 Å². The van der Waals surface area contributed by atoms with E-state index in [0.717, 1.165) is 33.5 Å². The smallest absolute Gasteiger partial charge is 0.307 e. The van der Waals surface area contributed by atoms with E-state index in [0.29, 0.717) is 10.4 Å². The van der Waals surface area contributed by atoms with Crippen LogP contribution in [0.5, 0.6) is 0 Å². The normalized spacial score (nSPS) is 12.7. The van der Waals surface area contributed by atoms with Crippen LogP contribution in [-0.2, 0) is 21.9 Å². The van der Waals surface area contributed by atoms with Crippen molar-refractivity contribution in [2.24, 2.45) is 7.05 Å². The van der Waals surface area contributed by atoms with Crippen LogP contribution in [0.4, 0.5) is 15.8 Å². The van der Waals surface area contributed by atoms with E-state index < -0.39 is 27.8 Å². The van der Waals surface area contributed by atoms with Crippen molar-refractivity contribution in [1.82, 2.24) is 4.57 Å². The van der Waals surface area contributed by atoms with Gasteiger partial charge in [0.2, 0.25) is 15.9 Å². The second-order valence-electron chi connectivity index (χ2n) is 6.68. The fourth-order valence-electron chi connectivity index (χ4n) is 3.12. The molecule has 7 nitrogen and oxygen atoms in total. The number of thiazole rings is 1. The molecule has 0 aliphatic rings. The first-order valence-corrected chi connectivity index (χ1v) is 11.9. The van der Waals surface area contributed by atoms with E-state index in [1.165, 1.54) is 16.7 Å². The molecule has 0 unspecified atom stereocenters. The molecular formula is C19H19ClFN3O4S2. The number of aryl methyl sites for hydroxylation is 1. The molecular weight excluding hydrogens is 453 g/mol. The summed E-state index contributed by atoms with van der Waals surface area (Å²) in [5.41, 5.74) is 1.25. The van der Waals surface area contributed by atoms with E-state index in [1.807, 2.05) is 0 Å². The van der Waals surface area contributed by atoms with Gasteiger partial charge in [-0.15, -0.1) is 0 Å². The predicted molar refractivity (Wildman–Crippen MR) is 119 cm³/mol. The number of rotatable bonds is 6. The highest BCUT2D eigenvalue weighted by Crippen LogP contribution is 2.28. The fraction of sp³-hybridized carbons (Fsp3) is 0.263. The van der Waals surface area contributed by atoms with Crippen molar-refractivity contribution in [3.63, 3.8) is 0 Å². The molecule has 30 heavy (non-hydrogen) atoms. The maximum atomic E-state index is 13.5. The number of fused-ring (bicyclic) bond motifs is 1. The molecule has 0 fully saturated rings. The Morgan fingerprint density at radius 1 is 1.30 bits per heavy atom. The van der Waals surface area contributed by atoms with Crippen LogP contribution >= 0.6 is 22.9 Å². The summed E-state index contributed by atoms with van der Waals surface area (Å²) in [6.07, 6.45) is 1.13. The predicted octanol–water partition coefficient (Wildman–Crippen LogP) is 3.58. The molecule has 0 saturated heterocycles. The molecule has 1 amide bonds. The Morgan fingerprint density at radius 2 is 2.00 bits per heavy atom. The minimum Gasteiger partial charge on any atom is -0.324 e. The molecule has 0 bridgehead atoms. The molecule has 1 N–H and O–H groups in total. The Labute approximate surface area is 181 Å². The van der Waals surface area contributed by atoms with Gasteiger partial charge in [0.1, 0.15) is 11.9 Å². The van der Waals surface area contributed by atoms with Gasteiger partial charge >= 0.3 is 4.87 Å². The molecule has 0 radical (unpaired) electrons. The number of carbonyl (C=O) groups excluding carboxylic acids is 1. The number of sulfonamides is 1. The van der Waals surface area contributed by atoms with Gasteiger partial charge in [-0.05, 0) is 42.8 Å². The molecule has 3 rings (SSSR count). The van der Waals surface area contributed by atoms with E-state index in [-0.39, 0.29) is 22.0 Å². The summed E-state index contributed by atoms with van der Waals surface area (Å²) in [5, 5.41) is 2.46. The van der Waals surface area contributed by atoms with E-state index in [4.69, 9.17) is 11.6 Å².